The number of fused-ring (bicyclic) bond motifs is 1. The van der Waals surface area contributed by atoms with E-state index in [1.807, 2.05) is 18.2 Å². The van der Waals surface area contributed by atoms with Crippen LogP contribution in [0.25, 0.3) is 0 Å². The van der Waals surface area contributed by atoms with Crippen LogP contribution in [0, 0.1) is 0 Å². The van der Waals surface area contributed by atoms with Crippen LogP contribution in [0.15, 0.2) is 24.3 Å². The smallest absolute Gasteiger partial charge is 0.228 e. The first-order valence-corrected chi connectivity index (χ1v) is 6.72. The molecular formula is C14H18ClNO2. The van der Waals surface area contributed by atoms with E-state index in [9.17, 15) is 4.79 Å². The lowest BCUT2D eigenvalue weighted by Crippen LogP contribution is -2.43. The number of methoxy groups -OCH3 is 1. The average Bonchev–Trinajstić information content (AvgIpc) is 2.31. The topological polar surface area (TPSA) is 38.3 Å². The van der Waals surface area contributed by atoms with Gasteiger partial charge in [0.2, 0.25) is 5.91 Å². The summed E-state index contributed by atoms with van der Waals surface area (Å²) in [6.07, 6.45) is 1.57. The number of ether oxygens (including phenoxy) is 1. The van der Waals surface area contributed by atoms with Gasteiger partial charge in [-0.2, -0.15) is 0 Å². The highest BCUT2D eigenvalue weighted by atomic mass is 35.5. The lowest BCUT2D eigenvalue weighted by Gasteiger charge is -2.30. The fraction of sp³-hybridized carbons (Fsp3) is 0.500. The molecule has 2 rings (SSSR count). The van der Waals surface area contributed by atoms with E-state index in [0.717, 1.165) is 18.4 Å². The van der Waals surface area contributed by atoms with Gasteiger partial charge in [0.25, 0.3) is 0 Å². The molecule has 1 aromatic rings. The molecule has 0 heterocycles. The van der Waals surface area contributed by atoms with E-state index in [2.05, 4.69) is 11.4 Å². The van der Waals surface area contributed by atoms with Gasteiger partial charge in [0.15, 0.2) is 0 Å². The highest BCUT2D eigenvalue weighted by molar-refractivity contribution is 6.17. The van der Waals surface area contributed by atoms with Crippen molar-refractivity contribution in [1.82, 2.24) is 5.32 Å². The molecule has 1 N–H and O–H groups in total. The van der Waals surface area contributed by atoms with Crippen molar-refractivity contribution in [3.05, 3.63) is 35.4 Å². The van der Waals surface area contributed by atoms with Crippen molar-refractivity contribution in [1.29, 1.82) is 0 Å². The maximum Gasteiger partial charge on any atom is 0.228 e. The van der Waals surface area contributed by atoms with Gasteiger partial charge in [0.1, 0.15) is 0 Å². The molecule has 0 saturated heterocycles. The Kier molecular flexibility index (Phi) is 4.61. The number of hydrogen-bond donors (Lipinski definition) is 1. The van der Waals surface area contributed by atoms with Crippen molar-refractivity contribution in [2.45, 2.75) is 24.8 Å². The first-order valence-electron chi connectivity index (χ1n) is 6.19. The summed E-state index contributed by atoms with van der Waals surface area (Å²) in [4.78, 5) is 12.1. The molecular weight excluding hydrogens is 250 g/mol. The van der Waals surface area contributed by atoms with E-state index < -0.39 is 0 Å². The molecule has 98 valence electrons. The summed E-state index contributed by atoms with van der Waals surface area (Å²) in [6.45, 7) is 0.507. The highest BCUT2D eigenvalue weighted by Gasteiger charge is 2.32. The number of alkyl halides is 1. The number of carbonyl (C=O) groups excluding carboxylic acids is 1. The van der Waals surface area contributed by atoms with E-state index in [-0.39, 0.29) is 17.9 Å². The quantitative estimate of drug-likeness (QED) is 0.802. The average molecular weight is 268 g/mol. The van der Waals surface area contributed by atoms with Crippen molar-refractivity contribution in [2.24, 2.45) is 0 Å². The number of nitrogens with one attached hydrogen (secondary N) is 1. The van der Waals surface area contributed by atoms with Crippen molar-refractivity contribution < 1.29 is 9.53 Å². The second-order valence-electron chi connectivity index (χ2n) is 4.59. The molecule has 1 aromatic carbocycles. The van der Waals surface area contributed by atoms with E-state index in [4.69, 9.17) is 16.3 Å². The van der Waals surface area contributed by atoms with Crippen LogP contribution in [-0.4, -0.2) is 31.5 Å². The molecule has 2 unspecified atom stereocenters. The van der Waals surface area contributed by atoms with Gasteiger partial charge < -0.3 is 10.1 Å². The Morgan fingerprint density at radius 3 is 3.00 bits per heavy atom. The fourth-order valence-electron chi connectivity index (χ4n) is 2.32. The van der Waals surface area contributed by atoms with Crippen LogP contribution in [0.4, 0.5) is 0 Å². The second kappa shape index (κ2) is 6.21. The van der Waals surface area contributed by atoms with Gasteiger partial charge in [-0.1, -0.05) is 24.3 Å². The monoisotopic (exact) mass is 267 g/mol. The van der Waals surface area contributed by atoms with Gasteiger partial charge in [-0.05, 0) is 24.0 Å². The first-order chi connectivity index (χ1) is 8.76. The second-order valence-corrected chi connectivity index (χ2v) is 4.97. The molecule has 0 aromatic heterocycles. The van der Waals surface area contributed by atoms with E-state index in [1.165, 1.54) is 5.56 Å². The van der Waals surface area contributed by atoms with Gasteiger partial charge >= 0.3 is 0 Å². The van der Waals surface area contributed by atoms with Crippen LogP contribution in [0.2, 0.25) is 0 Å². The van der Waals surface area contributed by atoms with Crippen LogP contribution in [0.1, 0.15) is 23.5 Å². The predicted octanol–water partition coefficient (Wildman–Crippen LogP) is 2.09. The number of benzene rings is 1. The minimum Gasteiger partial charge on any atom is -0.383 e. The van der Waals surface area contributed by atoms with Crippen LogP contribution in [-0.2, 0) is 16.0 Å². The zero-order valence-corrected chi connectivity index (χ0v) is 11.2. The third kappa shape index (κ3) is 2.85. The minimum atomic E-state index is -0.00381. The number of rotatable bonds is 6. The van der Waals surface area contributed by atoms with Crippen LogP contribution >= 0.6 is 11.6 Å². The summed E-state index contributed by atoms with van der Waals surface area (Å²) >= 11 is 5.72. The van der Waals surface area contributed by atoms with Crippen LogP contribution in [0.3, 0.4) is 0 Å². The van der Waals surface area contributed by atoms with Gasteiger partial charge in [-0.25, -0.2) is 0 Å². The number of amides is 1. The van der Waals surface area contributed by atoms with Crippen molar-refractivity contribution in [3.8, 4) is 0 Å². The van der Waals surface area contributed by atoms with Crippen LogP contribution < -0.4 is 5.32 Å². The summed E-state index contributed by atoms with van der Waals surface area (Å²) in [5, 5.41) is 3.01. The van der Waals surface area contributed by atoms with E-state index >= 15 is 0 Å². The third-order valence-electron chi connectivity index (χ3n) is 3.34. The van der Waals surface area contributed by atoms with E-state index in [0.29, 0.717) is 12.5 Å². The van der Waals surface area contributed by atoms with Gasteiger partial charge in [-0.15, -0.1) is 11.6 Å². The Balaban J connectivity index is 1.93. The molecule has 0 saturated carbocycles. The lowest BCUT2D eigenvalue weighted by molar-refractivity contribution is -0.124. The molecule has 1 aliphatic rings. The molecule has 1 amide bonds. The Bertz CT molecular complexity index is 416. The summed E-state index contributed by atoms with van der Waals surface area (Å²) < 4.78 is 5.08. The Hall–Kier alpha value is -1.06. The van der Waals surface area contributed by atoms with Gasteiger partial charge in [-0.3, -0.25) is 4.79 Å². The summed E-state index contributed by atoms with van der Waals surface area (Å²) in [6, 6.07) is 8.09. The number of hydrogen-bond acceptors (Lipinski definition) is 2. The van der Waals surface area contributed by atoms with Crippen molar-refractivity contribution in [3.63, 3.8) is 0 Å². The van der Waals surface area contributed by atoms with Gasteiger partial charge in [0, 0.05) is 13.0 Å². The highest BCUT2D eigenvalue weighted by Crippen LogP contribution is 2.34. The summed E-state index contributed by atoms with van der Waals surface area (Å²) in [5.74, 6) is 0.604. The Morgan fingerprint density at radius 1 is 1.56 bits per heavy atom. The number of halogens is 1. The predicted molar refractivity (Wildman–Crippen MR) is 72.0 cm³/mol. The van der Waals surface area contributed by atoms with Crippen molar-refractivity contribution in [2.75, 3.05) is 19.6 Å². The molecule has 2 atom stereocenters. The molecule has 18 heavy (non-hydrogen) atoms. The Morgan fingerprint density at radius 2 is 2.33 bits per heavy atom. The van der Waals surface area contributed by atoms with Crippen molar-refractivity contribution >= 4 is 17.5 Å². The maximum absolute atomic E-state index is 12.1. The third-order valence-corrected chi connectivity index (χ3v) is 3.56. The van der Waals surface area contributed by atoms with Crippen LogP contribution in [0.5, 0.6) is 0 Å². The molecule has 3 nitrogen and oxygen atoms in total. The summed E-state index contributed by atoms with van der Waals surface area (Å²) in [5.41, 5.74) is 2.43. The minimum absolute atomic E-state index is 0.00381. The molecule has 0 spiro atoms. The zero-order chi connectivity index (χ0) is 13.0. The standard InChI is InChI=1S/C14H18ClNO2/c1-18-9-11(6-7-15)16-14(17)13-8-10-4-2-3-5-12(10)13/h2-5,11,13H,6-9H2,1H3,(H,16,17). The normalized spacial score (nSPS) is 18.7. The first kappa shape index (κ1) is 13.4. The molecule has 1 aliphatic carbocycles. The molecule has 4 heteroatoms. The maximum atomic E-state index is 12.1. The summed E-state index contributed by atoms with van der Waals surface area (Å²) in [7, 11) is 1.63. The molecule has 0 aliphatic heterocycles. The zero-order valence-electron chi connectivity index (χ0n) is 10.5. The van der Waals surface area contributed by atoms with Gasteiger partial charge in [0.05, 0.1) is 18.6 Å². The molecule has 0 fully saturated rings. The fourth-order valence-corrected chi connectivity index (χ4v) is 2.59. The largest absolute Gasteiger partial charge is 0.383 e. The lowest BCUT2D eigenvalue weighted by atomic mass is 9.77. The molecule has 0 bridgehead atoms. The SMILES string of the molecule is COCC(CCCl)NC(=O)C1Cc2ccccc21. The Labute approximate surface area is 112 Å². The van der Waals surface area contributed by atoms with E-state index in [1.54, 1.807) is 7.11 Å². The molecule has 0 radical (unpaired) electrons. The number of carbonyl (C=O) groups is 1.